The predicted octanol–water partition coefficient (Wildman–Crippen LogP) is 5.44. The number of esters is 1. The van der Waals surface area contributed by atoms with Gasteiger partial charge in [-0.1, -0.05) is 0 Å². The second kappa shape index (κ2) is 8.55. The summed E-state index contributed by atoms with van der Waals surface area (Å²) in [7, 11) is 1.39. The monoisotopic (exact) mass is 482 g/mol. The summed E-state index contributed by atoms with van der Waals surface area (Å²) in [6, 6.07) is -0.286. The number of anilines is 1. The number of thiophene rings is 2. The van der Waals surface area contributed by atoms with Crippen molar-refractivity contribution in [2.45, 2.75) is 57.9 Å². The highest BCUT2D eigenvalue weighted by Crippen LogP contribution is 2.39. The highest BCUT2D eigenvalue weighted by molar-refractivity contribution is 9.11. The minimum Gasteiger partial charge on any atom is -0.465 e. The third-order valence-electron chi connectivity index (χ3n) is 5.45. The second-order valence-corrected chi connectivity index (χ2v) is 10.7. The molecule has 0 atom stereocenters. The van der Waals surface area contributed by atoms with Crippen LogP contribution in [0.1, 0.15) is 62.5 Å². The molecule has 2 amide bonds. The lowest BCUT2D eigenvalue weighted by Crippen LogP contribution is -2.29. The summed E-state index contributed by atoms with van der Waals surface area (Å²) in [5.41, 5.74) is 4.17. The van der Waals surface area contributed by atoms with Crippen molar-refractivity contribution in [1.82, 2.24) is 5.32 Å². The van der Waals surface area contributed by atoms with Crippen molar-refractivity contribution in [3.05, 3.63) is 35.8 Å². The molecule has 2 N–H and O–H groups in total. The fraction of sp³-hybridized carbons (Fsp3) is 0.500. The number of amides is 2. The molecule has 4 rings (SSSR count). The molecule has 150 valence electrons. The minimum atomic E-state index is -0.371. The molecule has 0 aliphatic heterocycles. The number of halogens is 1. The lowest BCUT2D eigenvalue weighted by atomic mass is 9.95. The van der Waals surface area contributed by atoms with Crippen molar-refractivity contribution < 1.29 is 14.3 Å². The third-order valence-corrected chi connectivity index (χ3v) is 8.74. The zero-order valence-corrected chi connectivity index (χ0v) is 19.0. The first-order chi connectivity index (χ1) is 13.6. The average molecular weight is 483 g/mol. The van der Waals surface area contributed by atoms with Crippen LogP contribution in [0, 0.1) is 0 Å². The van der Waals surface area contributed by atoms with E-state index in [1.54, 1.807) is 11.3 Å². The van der Waals surface area contributed by atoms with Crippen LogP contribution >= 0.6 is 38.6 Å². The van der Waals surface area contributed by atoms with Crippen LogP contribution in [-0.2, 0) is 37.0 Å². The van der Waals surface area contributed by atoms with Crippen LogP contribution in [0.2, 0.25) is 0 Å². The largest absolute Gasteiger partial charge is 0.465 e. The van der Waals surface area contributed by atoms with Crippen LogP contribution in [0.15, 0.2) is 3.79 Å². The van der Waals surface area contributed by atoms with Gasteiger partial charge in [0.15, 0.2) is 0 Å². The molecule has 0 saturated carbocycles. The van der Waals surface area contributed by atoms with Crippen LogP contribution in [0.5, 0.6) is 0 Å². The molecule has 0 unspecified atom stereocenters. The molecule has 28 heavy (non-hydrogen) atoms. The number of hydrogen-bond donors (Lipinski definition) is 2. The third kappa shape index (κ3) is 3.86. The van der Waals surface area contributed by atoms with Gasteiger partial charge in [0, 0.05) is 16.3 Å². The molecular formula is C20H23BrN2O3S2. The summed E-state index contributed by atoms with van der Waals surface area (Å²) in [4.78, 5) is 27.5. The fourth-order valence-electron chi connectivity index (χ4n) is 4.06. The Morgan fingerprint density at radius 2 is 1.64 bits per heavy atom. The fourth-order valence-corrected chi connectivity index (χ4v) is 7.43. The van der Waals surface area contributed by atoms with Gasteiger partial charge in [0.25, 0.3) is 0 Å². The van der Waals surface area contributed by atoms with Crippen molar-refractivity contribution in [1.29, 1.82) is 0 Å². The van der Waals surface area contributed by atoms with E-state index in [0.717, 1.165) is 47.9 Å². The molecule has 0 bridgehead atoms. The standard InChI is InChI=1S/C20H23BrN2O3S2/c1-26-19(24)16-12-7-3-5-9-15(12)28-18(16)23-20(25)22-10-13-11-6-2-4-8-14(11)27-17(13)21/h2-10H2,1H3,(H2,22,23,25). The molecule has 2 aromatic rings. The second-order valence-electron chi connectivity index (χ2n) is 7.18. The van der Waals surface area contributed by atoms with Crippen molar-refractivity contribution >= 4 is 55.6 Å². The van der Waals surface area contributed by atoms with Gasteiger partial charge >= 0.3 is 12.0 Å². The van der Waals surface area contributed by atoms with E-state index < -0.39 is 0 Å². The maximum atomic E-state index is 12.6. The van der Waals surface area contributed by atoms with Gasteiger partial charge in [0.1, 0.15) is 5.00 Å². The van der Waals surface area contributed by atoms with Gasteiger partial charge in [0.2, 0.25) is 0 Å². The van der Waals surface area contributed by atoms with E-state index in [4.69, 9.17) is 4.74 Å². The van der Waals surface area contributed by atoms with Crippen molar-refractivity contribution in [3.8, 4) is 0 Å². The lowest BCUT2D eigenvalue weighted by Gasteiger charge is -2.14. The summed E-state index contributed by atoms with van der Waals surface area (Å²) >= 11 is 6.95. The van der Waals surface area contributed by atoms with Gasteiger partial charge in [0.05, 0.1) is 16.5 Å². The van der Waals surface area contributed by atoms with Crippen LogP contribution in [0.3, 0.4) is 0 Å². The highest BCUT2D eigenvalue weighted by Gasteiger charge is 2.27. The molecule has 2 aromatic heterocycles. The smallest absolute Gasteiger partial charge is 0.341 e. The van der Waals surface area contributed by atoms with Gasteiger partial charge in [-0.15, -0.1) is 22.7 Å². The van der Waals surface area contributed by atoms with Gasteiger partial charge < -0.3 is 10.1 Å². The Bertz CT molecular complexity index is 919. The number of aryl methyl sites for hydroxylation is 2. The molecule has 2 aliphatic rings. The normalized spacial score (nSPS) is 15.5. The van der Waals surface area contributed by atoms with Gasteiger partial charge in [-0.2, -0.15) is 0 Å². The summed E-state index contributed by atoms with van der Waals surface area (Å²) < 4.78 is 6.08. The van der Waals surface area contributed by atoms with E-state index in [-0.39, 0.29) is 12.0 Å². The molecule has 8 heteroatoms. The molecule has 0 saturated heterocycles. The predicted molar refractivity (Wildman–Crippen MR) is 117 cm³/mol. The Labute approximate surface area is 181 Å². The number of nitrogens with one attached hydrogen (secondary N) is 2. The SMILES string of the molecule is COC(=O)c1c(NC(=O)NCc2c(Br)sc3c2CCCC3)sc2c1CCCC2. The Balaban J connectivity index is 1.48. The number of carbonyl (C=O) groups excluding carboxylic acids is 2. The number of fused-ring (bicyclic) bond motifs is 2. The van der Waals surface area contributed by atoms with Gasteiger partial charge in [-0.3, -0.25) is 5.32 Å². The van der Waals surface area contributed by atoms with Gasteiger partial charge in [-0.05, 0) is 84.0 Å². The van der Waals surface area contributed by atoms with Crippen LogP contribution < -0.4 is 10.6 Å². The summed E-state index contributed by atoms with van der Waals surface area (Å²) in [5, 5.41) is 6.47. The first-order valence-electron chi connectivity index (χ1n) is 9.65. The Kier molecular flexibility index (Phi) is 6.08. The minimum absolute atomic E-state index is 0.286. The molecule has 0 aromatic carbocycles. The van der Waals surface area contributed by atoms with Crippen molar-refractivity contribution in [2.24, 2.45) is 0 Å². The van der Waals surface area contributed by atoms with E-state index in [1.165, 1.54) is 52.2 Å². The Morgan fingerprint density at radius 3 is 2.36 bits per heavy atom. The topological polar surface area (TPSA) is 67.4 Å². The van der Waals surface area contributed by atoms with E-state index in [9.17, 15) is 9.59 Å². The number of carbonyl (C=O) groups is 2. The molecule has 0 fully saturated rings. The molecule has 0 spiro atoms. The Hall–Kier alpha value is -1.38. The summed E-state index contributed by atoms with van der Waals surface area (Å²) in [6.45, 7) is 0.483. The maximum absolute atomic E-state index is 12.6. The lowest BCUT2D eigenvalue weighted by molar-refractivity contribution is 0.0601. The van der Waals surface area contributed by atoms with E-state index >= 15 is 0 Å². The zero-order valence-electron chi connectivity index (χ0n) is 15.8. The van der Waals surface area contributed by atoms with E-state index in [1.807, 2.05) is 0 Å². The molecule has 2 aliphatic carbocycles. The first kappa shape index (κ1) is 19.9. The Morgan fingerprint density at radius 1 is 1.00 bits per heavy atom. The summed E-state index contributed by atoms with van der Waals surface area (Å²) in [6.07, 6.45) is 8.68. The van der Waals surface area contributed by atoms with Crippen molar-refractivity contribution in [2.75, 3.05) is 12.4 Å². The molecule has 0 radical (unpaired) electrons. The maximum Gasteiger partial charge on any atom is 0.341 e. The van der Waals surface area contributed by atoms with Crippen molar-refractivity contribution in [3.63, 3.8) is 0 Å². The number of hydrogen-bond acceptors (Lipinski definition) is 5. The van der Waals surface area contributed by atoms with Gasteiger partial charge in [-0.25, -0.2) is 9.59 Å². The quantitative estimate of drug-likeness (QED) is 0.570. The highest BCUT2D eigenvalue weighted by atomic mass is 79.9. The van der Waals surface area contributed by atoms with E-state index in [0.29, 0.717) is 17.1 Å². The first-order valence-corrected chi connectivity index (χ1v) is 12.1. The molecule has 2 heterocycles. The number of ether oxygens (including phenoxy) is 1. The van der Waals surface area contributed by atoms with Crippen LogP contribution in [-0.4, -0.2) is 19.1 Å². The number of rotatable bonds is 4. The zero-order chi connectivity index (χ0) is 19.7. The summed E-state index contributed by atoms with van der Waals surface area (Å²) in [5.74, 6) is -0.371. The number of urea groups is 1. The van der Waals surface area contributed by atoms with E-state index in [2.05, 4.69) is 26.6 Å². The van der Waals surface area contributed by atoms with Crippen LogP contribution in [0.25, 0.3) is 0 Å². The number of methoxy groups -OCH3 is 1. The molecular weight excluding hydrogens is 460 g/mol. The van der Waals surface area contributed by atoms with Crippen LogP contribution in [0.4, 0.5) is 9.80 Å². The average Bonchev–Trinajstić information content (AvgIpc) is 3.22. The molecule has 5 nitrogen and oxygen atoms in total.